The van der Waals surface area contributed by atoms with Crippen molar-refractivity contribution in [3.8, 4) is 0 Å². The van der Waals surface area contributed by atoms with Gasteiger partial charge in [0.2, 0.25) is 0 Å². The maximum Gasteiger partial charge on any atom is 0.141 e. The first-order chi connectivity index (χ1) is 6.74. The lowest BCUT2D eigenvalue weighted by Crippen LogP contribution is -2.22. The van der Waals surface area contributed by atoms with Gasteiger partial charge < -0.3 is 5.32 Å². The van der Waals surface area contributed by atoms with Crippen LogP contribution in [0.15, 0.2) is 18.3 Å². The van der Waals surface area contributed by atoms with Gasteiger partial charge in [0, 0.05) is 18.3 Å². The standard InChI is InChI=1S/C10H15FN2S/c1-8(12-5-6-14-2)10-4-3-9(11)7-13-10/h3-4,7-8,12H,5-6H2,1-2H3. The number of aromatic nitrogens is 1. The number of pyridine rings is 1. The highest BCUT2D eigenvalue weighted by Crippen LogP contribution is 2.08. The van der Waals surface area contributed by atoms with Gasteiger partial charge in [-0.05, 0) is 25.3 Å². The predicted molar refractivity (Wildman–Crippen MR) is 59.0 cm³/mol. The summed E-state index contributed by atoms with van der Waals surface area (Å²) in [5, 5.41) is 3.31. The summed E-state index contributed by atoms with van der Waals surface area (Å²) in [6.07, 6.45) is 3.32. The number of hydrogen-bond donors (Lipinski definition) is 1. The molecule has 0 saturated heterocycles. The van der Waals surface area contributed by atoms with Crippen LogP contribution >= 0.6 is 11.8 Å². The molecule has 0 radical (unpaired) electrons. The second-order valence-corrected chi connectivity index (χ2v) is 4.06. The van der Waals surface area contributed by atoms with Crippen LogP contribution in [0.25, 0.3) is 0 Å². The minimum absolute atomic E-state index is 0.183. The van der Waals surface area contributed by atoms with E-state index in [-0.39, 0.29) is 11.9 Å². The van der Waals surface area contributed by atoms with E-state index in [1.54, 1.807) is 17.8 Å². The van der Waals surface area contributed by atoms with Gasteiger partial charge in [-0.15, -0.1) is 0 Å². The normalized spacial score (nSPS) is 12.8. The first-order valence-electron chi connectivity index (χ1n) is 4.58. The smallest absolute Gasteiger partial charge is 0.141 e. The molecule has 0 aliphatic heterocycles. The van der Waals surface area contributed by atoms with E-state index < -0.39 is 0 Å². The van der Waals surface area contributed by atoms with Crippen LogP contribution < -0.4 is 5.32 Å². The van der Waals surface area contributed by atoms with Gasteiger partial charge in [0.05, 0.1) is 11.9 Å². The average Bonchev–Trinajstić information content (AvgIpc) is 2.19. The van der Waals surface area contributed by atoms with Crippen LogP contribution in [0.3, 0.4) is 0 Å². The van der Waals surface area contributed by atoms with Gasteiger partial charge in [0.1, 0.15) is 5.82 Å². The predicted octanol–water partition coefficient (Wildman–Crippen LogP) is 2.23. The minimum Gasteiger partial charge on any atom is -0.308 e. The third kappa shape index (κ3) is 3.64. The van der Waals surface area contributed by atoms with Crippen molar-refractivity contribution in [2.24, 2.45) is 0 Å². The quantitative estimate of drug-likeness (QED) is 0.761. The molecule has 1 atom stereocenters. The Labute approximate surface area is 88.3 Å². The lowest BCUT2D eigenvalue weighted by atomic mass is 10.2. The van der Waals surface area contributed by atoms with Crippen LogP contribution in [0.2, 0.25) is 0 Å². The molecule has 1 rings (SSSR count). The van der Waals surface area contributed by atoms with Gasteiger partial charge in [0.25, 0.3) is 0 Å². The van der Waals surface area contributed by atoms with Gasteiger partial charge in [-0.1, -0.05) is 0 Å². The number of hydrogen-bond acceptors (Lipinski definition) is 3. The van der Waals surface area contributed by atoms with E-state index in [1.165, 1.54) is 12.3 Å². The second-order valence-electron chi connectivity index (χ2n) is 3.07. The molecule has 0 aromatic carbocycles. The van der Waals surface area contributed by atoms with Crippen LogP contribution in [0.4, 0.5) is 4.39 Å². The number of halogens is 1. The molecule has 2 nitrogen and oxygen atoms in total. The SMILES string of the molecule is CSCCNC(C)c1ccc(F)cn1. The summed E-state index contributed by atoms with van der Waals surface area (Å²) in [6, 6.07) is 3.34. The van der Waals surface area contributed by atoms with Crippen LogP contribution in [-0.2, 0) is 0 Å². The third-order valence-electron chi connectivity index (χ3n) is 1.95. The summed E-state index contributed by atoms with van der Waals surface area (Å²) in [6.45, 7) is 2.97. The molecule has 0 spiro atoms. The van der Waals surface area contributed by atoms with E-state index in [1.807, 2.05) is 6.92 Å². The van der Waals surface area contributed by atoms with Crippen LogP contribution in [0.5, 0.6) is 0 Å². The maximum absolute atomic E-state index is 12.6. The molecule has 0 aliphatic rings. The van der Waals surface area contributed by atoms with Crippen LogP contribution in [0.1, 0.15) is 18.7 Å². The lowest BCUT2D eigenvalue weighted by molar-refractivity contribution is 0.575. The van der Waals surface area contributed by atoms with E-state index in [0.29, 0.717) is 0 Å². The fraction of sp³-hybridized carbons (Fsp3) is 0.500. The average molecular weight is 214 g/mol. The molecule has 0 fully saturated rings. The Balaban J connectivity index is 2.43. The first kappa shape index (κ1) is 11.5. The molecule has 1 aromatic heterocycles. The summed E-state index contributed by atoms with van der Waals surface area (Å²) >= 11 is 1.80. The van der Waals surface area contributed by atoms with Crippen molar-refractivity contribution in [1.82, 2.24) is 10.3 Å². The maximum atomic E-state index is 12.6. The van der Waals surface area contributed by atoms with Gasteiger partial charge in [-0.25, -0.2) is 4.39 Å². The number of thioether (sulfide) groups is 1. The number of nitrogens with one attached hydrogen (secondary N) is 1. The largest absolute Gasteiger partial charge is 0.308 e. The van der Waals surface area contributed by atoms with E-state index in [9.17, 15) is 4.39 Å². The monoisotopic (exact) mass is 214 g/mol. The van der Waals surface area contributed by atoms with Gasteiger partial charge in [-0.2, -0.15) is 11.8 Å². The molecule has 1 heterocycles. The highest BCUT2D eigenvalue weighted by Gasteiger charge is 2.04. The van der Waals surface area contributed by atoms with Crippen molar-refractivity contribution in [1.29, 1.82) is 0 Å². The van der Waals surface area contributed by atoms with Crippen molar-refractivity contribution < 1.29 is 4.39 Å². The van der Waals surface area contributed by atoms with E-state index >= 15 is 0 Å². The molecule has 4 heteroatoms. The highest BCUT2D eigenvalue weighted by molar-refractivity contribution is 7.98. The number of nitrogens with zero attached hydrogens (tertiary/aromatic N) is 1. The van der Waals surface area contributed by atoms with Crippen molar-refractivity contribution in [2.75, 3.05) is 18.6 Å². The molecular weight excluding hydrogens is 199 g/mol. The molecule has 0 saturated carbocycles. The second kappa shape index (κ2) is 5.98. The fourth-order valence-electron chi connectivity index (χ4n) is 1.13. The van der Waals surface area contributed by atoms with Crippen molar-refractivity contribution in [3.05, 3.63) is 29.8 Å². The molecule has 14 heavy (non-hydrogen) atoms. The Morgan fingerprint density at radius 3 is 2.93 bits per heavy atom. The summed E-state index contributed by atoms with van der Waals surface area (Å²) in [7, 11) is 0. The summed E-state index contributed by atoms with van der Waals surface area (Å²) in [5.74, 6) is 0.788. The Morgan fingerprint density at radius 2 is 2.36 bits per heavy atom. The molecule has 1 aromatic rings. The molecule has 0 aliphatic carbocycles. The first-order valence-corrected chi connectivity index (χ1v) is 5.97. The van der Waals surface area contributed by atoms with E-state index in [2.05, 4.69) is 16.6 Å². The van der Waals surface area contributed by atoms with Crippen molar-refractivity contribution in [2.45, 2.75) is 13.0 Å². The van der Waals surface area contributed by atoms with Gasteiger partial charge >= 0.3 is 0 Å². The minimum atomic E-state index is -0.287. The molecule has 0 amide bonds. The number of rotatable bonds is 5. The van der Waals surface area contributed by atoms with E-state index in [4.69, 9.17) is 0 Å². The molecule has 1 N–H and O–H groups in total. The lowest BCUT2D eigenvalue weighted by Gasteiger charge is -2.12. The molecule has 0 bridgehead atoms. The molecule has 78 valence electrons. The Hall–Kier alpha value is -0.610. The van der Waals surface area contributed by atoms with Gasteiger partial charge in [-0.3, -0.25) is 4.98 Å². The zero-order chi connectivity index (χ0) is 10.4. The Morgan fingerprint density at radius 1 is 1.57 bits per heavy atom. The summed E-state index contributed by atoms with van der Waals surface area (Å²) in [4.78, 5) is 4.01. The van der Waals surface area contributed by atoms with E-state index in [0.717, 1.165) is 18.0 Å². The topological polar surface area (TPSA) is 24.9 Å². The molecule has 1 unspecified atom stereocenters. The Kier molecular flexibility index (Phi) is 4.90. The van der Waals surface area contributed by atoms with Crippen LogP contribution in [0, 0.1) is 5.82 Å². The third-order valence-corrected chi connectivity index (χ3v) is 2.56. The zero-order valence-electron chi connectivity index (χ0n) is 8.46. The summed E-state index contributed by atoms with van der Waals surface area (Å²) in [5.41, 5.74) is 0.882. The van der Waals surface area contributed by atoms with Crippen LogP contribution in [-0.4, -0.2) is 23.5 Å². The van der Waals surface area contributed by atoms with Crippen molar-refractivity contribution >= 4 is 11.8 Å². The fourth-order valence-corrected chi connectivity index (χ4v) is 1.45. The summed E-state index contributed by atoms with van der Waals surface area (Å²) < 4.78 is 12.6. The van der Waals surface area contributed by atoms with Crippen molar-refractivity contribution in [3.63, 3.8) is 0 Å². The Bertz CT molecular complexity index is 263. The highest BCUT2D eigenvalue weighted by atomic mass is 32.2. The zero-order valence-corrected chi connectivity index (χ0v) is 9.27. The molecular formula is C10H15FN2S. The van der Waals surface area contributed by atoms with Gasteiger partial charge in [0.15, 0.2) is 0 Å².